The Morgan fingerprint density at radius 2 is 1.90 bits per heavy atom. The first-order valence-corrected chi connectivity index (χ1v) is 7.87. The maximum Gasteiger partial charge on any atom is 0.334 e. The van der Waals surface area contributed by atoms with Crippen molar-refractivity contribution < 1.29 is 19.4 Å². The molecule has 0 aromatic rings. The highest BCUT2D eigenvalue weighted by Crippen LogP contribution is 2.25. The number of likely N-dealkylation sites (tertiary alicyclic amines) is 1. The Labute approximate surface area is 126 Å². The van der Waals surface area contributed by atoms with Crippen molar-refractivity contribution in [3.8, 4) is 0 Å². The molecular weight excluding hydrogens is 272 g/mol. The molecule has 0 aromatic heterocycles. The number of hydrogen-bond donors (Lipinski definition) is 1. The van der Waals surface area contributed by atoms with Gasteiger partial charge in [0.15, 0.2) is 6.10 Å². The summed E-state index contributed by atoms with van der Waals surface area (Å²) in [5, 5.41) is 9.01. The second kappa shape index (κ2) is 7.11. The molecule has 0 radical (unpaired) electrons. The number of amides is 2. The van der Waals surface area contributed by atoms with Crippen molar-refractivity contribution in [3.05, 3.63) is 0 Å². The maximum atomic E-state index is 12.6. The molecule has 0 aliphatic carbocycles. The molecule has 0 saturated carbocycles. The van der Waals surface area contributed by atoms with Crippen LogP contribution in [0.4, 0.5) is 4.79 Å². The van der Waals surface area contributed by atoms with Crippen molar-refractivity contribution in [1.82, 2.24) is 9.80 Å². The quantitative estimate of drug-likeness (QED) is 0.841. The van der Waals surface area contributed by atoms with Crippen molar-refractivity contribution >= 4 is 12.0 Å². The molecule has 2 heterocycles. The van der Waals surface area contributed by atoms with Gasteiger partial charge in [0, 0.05) is 19.6 Å². The Hall–Kier alpha value is -1.30. The summed E-state index contributed by atoms with van der Waals surface area (Å²) in [7, 11) is 0. The highest BCUT2D eigenvalue weighted by atomic mass is 16.5. The Morgan fingerprint density at radius 1 is 1.14 bits per heavy atom. The molecular formula is C15H26N2O4. The average Bonchev–Trinajstić information content (AvgIpc) is 2.72. The number of rotatable bonds is 2. The lowest BCUT2D eigenvalue weighted by atomic mass is 9.89. The van der Waals surface area contributed by atoms with E-state index in [1.165, 1.54) is 6.42 Å². The van der Waals surface area contributed by atoms with E-state index in [1.54, 1.807) is 4.90 Å². The molecule has 0 bridgehead atoms. The summed E-state index contributed by atoms with van der Waals surface area (Å²) < 4.78 is 5.17. The number of morpholine rings is 1. The third-order valence-electron chi connectivity index (χ3n) is 4.60. The van der Waals surface area contributed by atoms with E-state index in [0.717, 1.165) is 25.9 Å². The first-order valence-electron chi connectivity index (χ1n) is 7.87. The van der Waals surface area contributed by atoms with Crippen molar-refractivity contribution in [2.75, 3.05) is 32.8 Å². The van der Waals surface area contributed by atoms with Crippen LogP contribution in [0, 0.1) is 11.8 Å². The topological polar surface area (TPSA) is 70.1 Å². The molecule has 2 aliphatic heterocycles. The van der Waals surface area contributed by atoms with Gasteiger partial charge in [-0.3, -0.25) is 0 Å². The monoisotopic (exact) mass is 298 g/mol. The normalized spacial score (nSPS) is 27.6. The standard InChI is InChI=1S/C15H26N2O4/c1-11(2)12-4-3-6-16(7-5-12)15(20)17-8-9-21-13(10-17)14(18)19/h11-13H,3-10H2,1-2H3,(H,18,19). The summed E-state index contributed by atoms with van der Waals surface area (Å²) in [6.45, 7) is 6.95. The number of ether oxygens (including phenoxy) is 1. The van der Waals surface area contributed by atoms with Crippen molar-refractivity contribution in [1.29, 1.82) is 0 Å². The van der Waals surface area contributed by atoms with Gasteiger partial charge in [-0.2, -0.15) is 0 Å². The van der Waals surface area contributed by atoms with Gasteiger partial charge in [-0.25, -0.2) is 9.59 Å². The van der Waals surface area contributed by atoms with E-state index in [9.17, 15) is 9.59 Å². The molecule has 21 heavy (non-hydrogen) atoms. The molecule has 2 amide bonds. The zero-order valence-electron chi connectivity index (χ0n) is 13.0. The van der Waals surface area contributed by atoms with Crippen LogP contribution in [0.3, 0.4) is 0 Å². The molecule has 120 valence electrons. The Bertz CT molecular complexity index is 386. The molecule has 6 heteroatoms. The maximum absolute atomic E-state index is 12.6. The third-order valence-corrected chi connectivity index (χ3v) is 4.60. The number of carboxylic acid groups (broad SMARTS) is 1. The van der Waals surface area contributed by atoms with Crippen LogP contribution in [-0.4, -0.2) is 65.8 Å². The fourth-order valence-corrected chi connectivity index (χ4v) is 3.15. The second-order valence-electron chi connectivity index (χ2n) is 6.35. The molecule has 1 N–H and O–H groups in total. The zero-order chi connectivity index (χ0) is 15.4. The number of urea groups is 1. The van der Waals surface area contributed by atoms with E-state index in [2.05, 4.69) is 13.8 Å². The third kappa shape index (κ3) is 4.09. The molecule has 2 rings (SSSR count). The van der Waals surface area contributed by atoms with E-state index in [4.69, 9.17) is 9.84 Å². The highest BCUT2D eigenvalue weighted by Gasteiger charge is 2.32. The number of hydrogen-bond acceptors (Lipinski definition) is 3. The number of carboxylic acids is 1. The van der Waals surface area contributed by atoms with Crippen LogP contribution in [0.5, 0.6) is 0 Å². The van der Waals surface area contributed by atoms with Crippen molar-refractivity contribution in [3.63, 3.8) is 0 Å². The van der Waals surface area contributed by atoms with E-state index in [-0.39, 0.29) is 12.6 Å². The van der Waals surface area contributed by atoms with Crippen molar-refractivity contribution in [2.45, 2.75) is 39.2 Å². The lowest BCUT2D eigenvalue weighted by Crippen LogP contribution is -2.53. The van der Waals surface area contributed by atoms with E-state index in [1.807, 2.05) is 4.90 Å². The van der Waals surface area contributed by atoms with Crippen molar-refractivity contribution in [2.24, 2.45) is 11.8 Å². The summed E-state index contributed by atoms with van der Waals surface area (Å²) in [6.07, 6.45) is 2.35. The molecule has 2 saturated heterocycles. The summed E-state index contributed by atoms with van der Waals surface area (Å²) in [5.74, 6) is 0.335. The van der Waals surface area contributed by atoms with Crippen LogP contribution >= 0.6 is 0 Å². The fourth-order valence-electron chi connectivity index (χ4n) is 3.15. The lowest BCUT2D eigenvalue weighted by molar-refractivity contribution is -0.154. The van der Waals surface area contributed by atoms with Gasteiger partial charge < -0.3 is 19.6 Å². The minimum Gasteiger partial charge on any atom is -0.479 e. The van der Waals surface area contributed by atoms with E-state index >= 15 is 0 Å². The molecule has 2 atom stereocenters. The van der Waals surface area contributed by atoms with Crippen LogP contribution in [-0.2, 0) is 9.53 Å². The number of aliphatic carboxylic acids is 1. The summed E-state index contributed by atoms with van der Waals surface area (Å²) in [4.78, 5) is 27.1. The zero-order valence-corrected chi connectivity index (χ0v) is 13.0. The van der Waals surface area contributed by atoms with E-state index < -0.39 is 12.1 Å². The van der Waals surface area contributed by atoms with Gasteiger partial charge in [0.2, 0.25) is 0 Å². The van der Waals surface area contributed by atoms with Crippen LogP contribution < -0.4 is 0 Å². The predicted molar refractivity (Wildman–Crippen MR) is 78.1 cm³/mol. The largest absolute Gasteiger partial charge is 0.479 e. The fraction of sp³-hybridized carbons (Fsp3) is 0.867. The predicted octanol–water partition coefficient (Wildman–Crippen LogP) is 1.65. The number of nitrogens with zero attached hydrogens (tertiary/aromatic N) is 2. The second-order valence-corrected chi connectivity index (χ2v) is 6.35. The smallest absolute Gasteiger partial charge is 0.334 e. The first kappa shape index (κ1) is 16.1. The van der Waals surface area contributed by atoms with Crippen LogP contribution in [0.15, 0.2) is 0 Å². The summed E-state index contributed by atoms with van der Waals surface area (Å²) in [5.41, 5.74) is 0. The average molecular weight is 298 g/mol. The Balaban J connectivity index is 1.91. The molecule has 0 aromatic carbocycles. The number of carbonyl (C=O) groups excluding carboxylic acids is 1. The van der Waals surface area contributed by atoms with Crippen LogP contribution in [0.2, 0.25) is 0 Å². The minimum absolute atomic E-state index is 0.0334. The Kier molecular flexibility index (Phi) is 5.45. The van der Waals surface area contributed by atoms with Gasteiger partial charge in [0.25, 0.3) is 0 Å². The molecule has 0 spiro atoms. The summed E-state index contributed by atoms with van der Waals surface area (Å²) >= 11 is 0. The van der Waals surface area contributed by atoms with Crippen LogP contribution in [0.25, 0.3) is 0 Å². The SMILES string of the molecule is CC(C)C1CCCN(C(=O)N2CCOC(C(=O)O)C2)CC1. The van der Waals surface area contributed by atoms with Gasteiger partial charge in [0.1, 0.15) is 0 Å². The van der Waals surface area contributed by atoms with Gasteiger partial charge in [-0.1, -0.05) is 13.8 Å². The Morgan fingerprint density at radius 3 is 2.57 bits per heavy atom. The van der Waals surface area contributed by atoms with E-state index in [0.29, 0.717) is 25.0 Å². The van der Waals surface area contributed by atoms with Gasteiger partial charge in [-0.05, 0) is 31.1 Å². The highest BCUT2D eigenvalue weighted by molar-refractivity contribution is 5.77. The molecule has 2 aliphatic rings. The number of carbonyl (C=O) groups is 2. The first-order chi connectivity index (χ1) is 9.99. The molecule has 6 nitrogen and oxygen atoms in total. The lowest BCUT2D eigenvalue weighted by Gasteiger charge is -2.34. The summed E-state index contributed by atoms with van der Waals surface area (Å²) in [6, 6.07) is -0.0334. The minimum atomic E-state index is -0.997. The molecule has 2 fully saturated rings. The van der Waals surface area contributed by atoms with Gasteiger partial charge in [-0.15, -0.1) is 0 Å². The molecule has 2 unspecified atom stereocenters. The van der Waals surface area contributed by atoms with Gasteiger partial charge in [0.05, 0.1) is 13.2 Å². The van der Waals surface area contributed by atoms with Crippen LogP contribution in [0.1, 0.15) is 33.1 Å². The van der Waals surface area contributed by atoms with Gasteiger partial charge >= 0.3 is 12.0 Å².